The number of nitrogens with one attached hydrogen (secondary N) is 1. The summed E-state index contributed by atoms with van der Waals surface area (Å²) in [7, 11) is 1.60. The third-order valence-corrected chi connectivity index (χ3v) is 3.24. The van der Waals surface area contributed by atoms with Crippen molar-refractivity contribution in [2.75, 3.05) is 20.3 Å². The Labute approximate surface area is 101 Å². The molecule has 2 rings (SSSR count). The molecule has 0 fully saturated rings. The van der Waals surface area contributed by atoms with Gasteiger partial charge in [0, 0.05) is 13.2 Å². The summed E-state index contributed by atoms with van der Waals surface area (Å²) in [5, 5.41) is 12.5. The quantitative estimate of drug-likeness (QED) is 0.816. The Morgan fingerprint density at radius 2 is 2.41 bits per heavy atom. The molecule has 0 aromatic heterocycles. The van der Waals surface area contributed by atoms with E-state index >= 15 is 0 Å². The number of aliphatic hydroxyl groups is 1. The summed E-state index contributed by atoms with van der Waals surface area (Å²) in [6, 6.07) is 5.20. The largest absolute Gasteiger partial charge is 0.395 e. The van der Waals surface area contributed by atoms with Crippen LogP contribution in [0.3, 0.4) is 0 Å². The maximum Gasteiger partial charge on any atom is 0.126 e. The molecule has 1 aliphatic carbocycles. The van der Waals surface area contributed by atoms with Gasteiger partial charge in [-0.2, -0.15) is 0 Å². The number of ether oxygens (including phenoxy) is 1. The second kappa shape index (κ2) is 5.58. The van der Waals surface area contributed by atoms with Crippen LogP contribution in [0, 0.1) is 5.82 Å². The van der Waals surface area contributed by atoms with Crippen LogP contribution in [0.4, 0.5) is 4.39 Å². The summed E-state index contributed by atoms with van der Waals surface area (Å²) in [4.78, 5) is 0. The molecule has 0 amide bonds. The summed E-state index contributed by atoms with van der Waals surface area (Å²) in [6.07, 6.45) is 1.63. The minimum Gasteiger partial charge on any atom is -0.395 e. The van der Waals surface area contributed by atoms with Crippen LogP contribution in [0.1, 0.15) is 23.6 Å². The fourth-order valence-electron chi connectivity index (χ4n) is 2.42. The SMILES string of the molecule is COCC(CO)NC1CCc2c(F)cccc21. The van der Waals surface area contributed by atoms with Crippen molar-refractivity contribution in [3.63, 3.8) is 0 Å². The van der Waals surface area contributed by atoms with Crippen molar-refractivity contribution in [1.82, 2.24) is 5.32 Å². The van der Waals surface area contributed by atoms with Crippen molar-refractivity contribution >= 4 is 0 Å². The monoisotopic (exact) mass is 239 g/mol. The van der Waals surface area contributed by atoms with Crippen LogP contribution < -0.4 is 5.32 Å². The average molecular weight is 239 g/mol. The predicted molar refractivity (Wildman–Crippen MR) is 63.3 cm³/mol. The zero-order valence-electron chi connectivity index (χ0n) is 9.95. The lowest BCUT2D eigenvalue weighted by molar-refractivity contribution is 0.122. The highest BCUT2D eigenvalue weighted by atomic mass is 19.1. The van der Waals surface area contributed by atoms with Gasteiger partial charge in [-0.1, -0.05) is 12.1 Å². The second-order valence-corrected chi connectivity index (χ2v) is 4.40. The number of hydrogen-bond donors (Lipinski definition) is 2. The highest BCUT2D eigenvalue weighted by Gasteiger charge is 2.26. The summed E-state index contributed by atoms with van der Waals surface area (Å²) in [6.45, 7) is 0.479. The smallest absolute Gasteiger partial charge is 0.126 e. The third-order valence-electron chi connectivity index (χ3n) is 3.24. The second-order valence-electron chi connectivity index (χ2n) is 4.40. The molecule has 0 saturated carbocycles. The first-order valence-corrected chi connectivity index (χ1v) is 5.89. The first-order valence-electron chi connectivity index (χ1n) is 5.89. The van der Waals surface area contributed by atoms with Crippen molar-refractivity contribution in [3.05, 3.63) is 35.1 Å². The van der Waals surface area contributed by atoms with Crippen LogP contribution >= 0.6 is 0 Å². The van der Waals surface area contributed by atoms with Crippen LogP contribution in [-0.2, 0) is 11.2 Å². The molecular weight excluding hydrogens is 221 g/mol. The first-order chi connectivity index (χ1) is 8.26. The van der Waals surface area contributed by atoms with Crippen LogP contribution in [-0.4, -0.2) is 31.5 Å². The fourth-order valence-corrected chi connectivity index (χ4v) is 2.42. The van der Waals surface area contributed by atoms with Crippen LogP contribution in [0.25, 0.3) is 0 Å². The maximum atomic E-state index is 13.5. The Balaban J connectivity index is 2.09. The lowest BCUT2D eigenvalue weighted by Crippen LogP contribution is -2.38. The molecule has 0 aliphatic heterocycles. The number of methoxy groups -OCH3 is 1. The predicted octanol–water partition coefficient (Wildman–Crippen LogP) is 1.41. The van der Waals surface area contributed by atoms with E-state index in [2.05, 4.69) is 5.32 Å². The molecule has 1 aromatic carbocycles. The summed E-state index contributed by atoms with van der Waals surface area (Å²) < 4.78 is 18.5. The lowest BCUT2D eigenvalue weighted by Gasteiger charge is -2.21. The Kier molecular flexibility index (Phi) is 4.10. The Morgan fingerprint density at radius 1 is 1.59 bits per heavy atom. The van der Waals surface area contributed by atoms with Gasteiger partial charge >= 0.3 is 0 Å². The average Bonchev–Trinajstić information content (AvgIpc) is 2.73. The van der Waals surface area contributed by atoms with Crippen LogP contribution in [0.15, 0.2) is 18.2 Å². The third kappa shape index (κ3) is 2.65. The van der Waals surface area contributed by atoms with Crippen molar-refractivity contribution in [2.45, 2.75) is 24.9 Å². The minimum absolute atomic E-state index is 0.0228. The molecule has 94 valence electrons. The van der Waals surface area contributed by atoms with Crippen LogP contribution in [0.5, 0.6) is 0 Å². The maximum absolute atomic E-state index is 13.5. The van der Waals surface area contributed by atoms with Crippen molar-refractivity contribution in [1.29, 1.82) is 0 Å². The molecule has 0 radical (unpaired) electrons. The zero-order valence-corrected chi connectivity index (χ0v) is 9.95. The molecule has 0 saturated heterocycles. The summed E-state index contributed by atoms with van der Waals surface area (Å²) in [5.74, 6) is -0.126. The van der Waals surface area contributed by atoms with Gasteiger partial charge in [-0.3, -0.25) is 0 Å². The molecule has 17 heavy (non-hydrogen) atoms. The van der Waals surface area contributed by atoms with E-state index in [1.54, 1.807) is 13.2 Å². The minimum atomic E-state index is -0.126. The number of benzene rings is 1. The van der Waals surface area contributed by atoms with Gasteiger partial charge in [0.05, 0.1) is 19.3 Å². The summed E-state index contributed by atoms with van der Waals surface area (Å²) >= 11 is 0. The molecule has 4 heteroatoms. The van der Waals surface area contributed by atoms with E-state index in [1.165, 1.54) is 6.07 Å². The van der Waals surface area contributed by atoms with Crippen molar-refractivity contribution < 1.29 is 14.2 Å². The van der Waals surface area contributed by atoms with Crippen LogP contribution in [0.2, 0.25) is 0 Å². The Morgan fingerprint density at radius 3 is 3.12 bits per heavy atom. The van der Waals surface area contributed by atoms with E-state index in [0.717, 1.165) is 24.0 Å². The van der Waals surface area contributed by atoms with Gasteiger partial charge in [-0.25, -0.2) is 4.39 Å². The molecule has 2 atom stereocenters. The van der Waals surface area contributed by atoms with E-state index in [-0.39, 0.29) is 24.5 Å². The molecule has 1 aromatic rings. The van der Waals surface area contributed by atoms with E-state index in [1.807, 2.05) is 6.07 Å². The van der Waals surface area contributed by atoms with E-state index < -0.39 is 0 Å². The summed E-state index contributed by atoms with van der Waals surface area (Å²) in [5.41, 5.74) is 1.82. The molecule has 1 aliphatic rings. The van der Waals surface area contributed by atoms with Gasteiger partial charge < -0.3 is 15.2 Å². The number of halogens is 1. The molecule has 3 nitrogen and oxygen atoms in total. The molecule has 2 unspecified atom stereocenters. The standard InChI is InChI=1S/C13H18FNO2/c1-17-8-9(7-16)15-13-6-5-10-11(13)3-2-4-12(10)14/h2-4,9,13,15-16H,5-8H2,1H3. The van der Waals surface area contributed by atoms with Gasteiger partial charge in [0.2, 0.25) is 0 Å². The van der Waals surface area contributed by atoms with Gasteiger partial charge in [-0.05, 0) is 30.0 Å². The number of hydrogen-bond acceptors (Lipinski definition) is 3. The fraction of sp³-hybridized carbons (Fsp3) is 0.538. The van der Waals surface area contributed by atoms with Gasteiger partial charge in [-0.15, -0.1) is 0 Å². The van der Waals surface area contributed by atoms with E-state index in [9.17, 15) is 9.50 Å². The lowest BCUT2D eigenvalue weighted by atomic mass is 10.1. The number of aliphatic hydroxyl groups excluding tert-OH is 1. The Bertz CT molecular complexity index is 384. The molecule has 0 bridgehead atoms. The topological polar surface area (TPSA) is 41.5 Å². The first kappa shape index (κ1) is 12.5. The van der Waals surface area contributed by atoms with E-state index in [0.29, 0.717) is 6.61 Å². The number of fused-ring (bicyclic) bond motifs is 1. The highest BCUT2D eigenvalue weighted by Crippen LogP contribution is 2.32. The van der Waals surface area contributed by atoms with Crippen molar-refractivity contribution in [2.24, 2.45) is 0 Å². The normalized spacial score (nSPS) is 20.3. The zero-order chi connectivity index (χ0) is 12.3. The van der Waals surface area contributed by atoms with Gasteiger partial charge in [0.1, 0.15) is 5.82 Å². The Hall–Kier alpha value is -0.970. The molecule has 2 N–H and O–H groups in total. The van der Waals surface area contributed by atoms with Crippen molar-refractivity contribution in [3.8, 4) is 0 Å². The highest BCUT2D eigenvalue weighted by molar-refractivity contribution is 5.35. The van der Waals surface area contributed by atoms with Gasteiger partial charge in [0.15, 0.2) is 0 Å². The molecule has 0 heterocycles. The van der Waals surface area contributed by atoms with E-state index in [4.69, 9.17) is 4.74 Å². The molecule has 0 spiro atoms. The molecular formula is C13H18FNO2. The van der Waals surface area contributed by atoms with Gasteiger partial charge in [0.25, 0.3) is 0 Å². The number of rotatable bonds is 5.